The topological polar surface area (TPSA) is 99.4 Å². The lowest BCUT2D eigenvalue weighted by atomic mass is 10.1. The van der Waals surface area contributed by atoms with E-state index in [1.165, 1.54) is 30.3 Å². The highest BCUT2D eigenvalue weighted by atomic mass is 35.5. The third kappa shape index (κ3) is 6.69. The zero-order chi connectivity index (χ0) is 24.0. The van der Waals surface area contributed by atoms with Crippen LogP contribution in [0.25, 0.3) is 0 Å². The monoisotopic (exact) mass is 486 g/mol. The number of nitrogens with zero attached hydrogens (tertiary/aromatic N) is 1. The minimum absolute atomic E-state index is 0.0649. The summed E-state index contributed by atoms with van der Waals surface area (Å²) < 4.78 is 20.2. The predicted molar refractivity (Wildman–Crippen MR) is 121 cm³/mol. The second-order valence-electron chi connectivity index (χ2n) is 7.03. The van der Waals surface area contributed by atoms with Gasteiger partial charge in [0.1, 0.15) is 28.9 Å². The van der Waals surface area contributed by atoms with Gasteiger partial charge in [-0.25, -0.2) is 4.39 Å². The van der Waals surface area contributed by atoms with Crippen molar-refractivity contribution in [3.63, 3.8) is 0 Å². The molecule has 3 aromatic carbocycles. The Morgan fingerprint density at radius 3 is 2.42 bits per heavy atom. The number of nitriles is 1. The summed E-state index contributed by atoms with van der Waals surface area (Å²) in [5.74, 6) is -2.36. The minimum Gasteiger partial charge on any atom is -0.481 e. The fourth-order valence-electron chi connectivity index (χ4n) is 3.01. The average Bonchev–Trinajstić information content (AvgIpc) is 2.76. The fraction of sp³-hybridized carbons (Fsp3) is 0.125. The molecular formula is C24H17Cl2FN2O4. The highest BCUT2D eigenvalue weighted by molar-refractivity contribution is 6.30. The molecule has 1 unspecified atom stereocenters. The van der Waals surface area contributed by atoms with E-state index in [9.17, 15) is 19.2 Å². The minimum atomic E-state index is -1.03. The second-order valence-corrected chi connectivity index (χ2v) is 7.99. The Morgan fingerprint density at radius 1 is 1.09 bits per heavy atom. The summed E-state index contributed by atoms with van der Waals surface area (Å²) in [6.07, 6.45) is 0.0784. The molecule has 3 rings (SSSR count). The van der Waals surface area contributed by atoms with E-state index in [2.05, 4.69) is 5.32 Å². The number of carboxylic acid groups (broad SMARTS) is 1. The number of hydrogen-bond donors (Lipinski definition) is 2. The zero-order valence-electron chi connectivity index (χ0n) is 17.0. The number of nitrogens with one attached hydrogen (secondary N) is 1. The molecule has 2 N–H and O–H groups in total. The highest BCUT2D eigenvalue weighted by Gasteiger charge is 2.17. The molecule has 0 spiro atoms. The van der Waals surface area contributed by atoms with Gasteiger partial charge in [0.05, 0.1) is 17.5 Å². The number of rotatable bonds is 8. The summed E-state index contributed by atoms with van der Waals surface area (Å²) in [5.41, 5.74) is 0.395. The smallest absolute Gasteiger partial charge is 0.307 e. The van der Waals surface area contributed by atoms with E-state index in [1.54, 1.807) is 24.3 Å². The Hall–Kier alpha value is -3.60. The molecule has 0 heterocycles. The van der Waals surface area contributed by atoms with Crippen LogP contribution < -0.4 is 10.1 Å². The molecule has 9 heteroatoms. The first-order valence-electron chi connectivity index (χ1n) is 9.66. The van der Waals surface area contributed by atoms with Crippen molar-refractivity contribution in [2.45, 2.75) is 18.3 Å². The number of carbonyl (C=O) groups excluding carboxylic acids is 1. The molecule has 0 aliphatic rings. The molecule has 3 aromatic rings. The second kappa shape index (κ2) is 10.8. The lowest BCUT2D eigenvalue weighted by Gasteiger charge is -2.13. The quantitative estimate of drug-likeness (QED) is 0.332. The third-order valence-electron chi connectivity index (χ3n) is 4.55. The van der Waals surface area contributed by atoms with Crippen LogP contribution in [0.15, 0.2) is 60.7 Å². The summed E-state index contributed by atoms with van der Waals surface area (Å²) in [4.78, 5) is 23.3. The van der Waals surface area contributed by atoms with Crippen LogP contribution >= 0.6 is 23.2 Å². The Kier molecular flexibility index (Phi) is 7.88. The maximum Gasteiger partial charge on any atom is 0.307 e. The SMILES string of the molecule is N#Cc1cc(CC(=O)O)ccc1Oc1ccc(C(=O)NC(Cl)Cc2ccc(Cl)cc2)c(F)c1. The van der Waals surface area contributed by atoms with E-state index < -0.39 is 23.2 Å². The Bertz CT molecular complexity index is 1230. The molecule has 0 radical (unpaired) electrons. The molecule has 0 aliphatic carbocycles. The molecule has 6 nitrogen and oxygen atoms in total. The van der Waals surface area contributed by atoms with E-state index in [0.717, 1.165) is 11.6 Å². The molecular weight excluding hydrogens is 470 g/mol. The van der Waals surface area contributed by atoms with Crippen LogP contribution in [-0.4, -0.2) is 22.5 Å². The largest absolute Gasteiger partial charge is 0.481 e. The Labute approximate surface area is 199 Å². The van der Waals surface area contributed by atoms with Crippen molar-refractivity contribution in [2.75, 3.05) is 0 Å². The lowest BCUT2D eigenvalue weighted by molar-refractivity contribution is -0.136. The number of benzene rings is 3. The number of halogens is 3. The zero-order valence-corrected chi connectivity index (χ0v) is 18.5. The van der Waals surface area contributed by atoms with E-state index in [4.69, 9.17) is 33.0 Å². The predicted octanol–water partition coefficient (Wildman–Crippen LogP) is 5.31. The van der Waals surface area contributed by atoms with Crippen LogP contribution in [0.3, 0.4) is 0 Å². The molecule has 0 saturated carbocycles. The summed E-state index contributed by atoms with van der Waals surface area (Å²) >= 11 is 12.0. The molecule has 0 bridgehead atoms. The van der Waals surface area contributed by atoms with Gasteiger partial charge in [-0.15, -0.1) is 0 Å². The van der Waals surface area contributed by atoms with Gasteiger partial charge in [0.2, 0.25) is 0 Å². The van der Waals surface area contributed by atoms with Gasteiger partial charge < -0.3 is 15.2 Å². The van der Waals surface area contributed by atoms with Crippen LogP contribution in [0.2, 0.25) is 5.02 Å². The highest BCUT2D eigenvalue weighted by Crippen LogP contribution is 2.27. The van der Waals surface area contributed by atoms with E-state index in [0.29, 0.717) is 17.0 Å². The average molecular weight is 487 g/mol. The van der Waals surface area contributed by atoms with Crippen LogP contribution in [0.1, 0.15) is 27.0 Å². The molecule has 33 heavy (non-hydrogen) atoms. The van der Waals surface area contributed by atoms with Gasteiger partial charge in [-0.1, -0.05) is 41.4 Å². The summed E-state index contributed by atoms with van der Waals surface area (Å²) in [6.45, 7) is 0. The number of carboxylic acids is 1. The van der Waals surface area contributed by atoms with E-state index in [-0.39, 0.29) is 29.0 Å². The summed E-state index contributed by atoms with van der Waals surface area (Å²) in [5, 5.41) is 21.3. The number of alkyl halides is 1. The van der Waals surface area contributed by atoms with Crippen LogP contribution in [0, 0.1) is 17.1 Å². The molecule has 1 atom stereocenters. The van der Waals surface area contributed by atoms with Crippen LogP contribution in [0.4, 0.5) is 4.39 Å². The Morgan fingerprint density at radius 2 is 1.79 bits per heavy atom. The van der Waals surface area contributed by atoms with Crippen molar-refractivity contribution >= 4 is 35.1 Å². The van der Waals surface area contributed by atoms with E-state index >= 15 is 0 Å². The van der Waals surface area contributed by atoms with Crippen molar-refractivity contribution in [1.82, 2.24) is 5.32 Å². The number of hydrogen-bond acceptors (Lipinski definition) is 4. The third-order valence-corrected chi connectivity index (χ3v) is 5.06. The van der Waals surface area contributed by atoms with Crippen LogP contribution in [0.5, 0.6) is 11.5 Å². The number of carbonyl (C=O) groups is 2. The lowest BCUT2D eigenvalue weighted by Crippen LogP contribution is -2.32. The molecule has 0 aliphatic heterocycles. The van der Waals surface area contributed by atoms with Crippen molar-refractivity contribution in [3.8, 4) is 17.6 Å². The normalized spacial score (nSPS) is 11.3. The van der Waals surface area contributed by atoms with E-state index in [1.807, 2.05) is 6.07 Å². The van der Waals surface area contributed by atoms with Crippen LogP contribution in [-0.2, 0) is 17.6 Å². The first-order valence-corrected chi connectivity index (χ1v) is 10.5. The number of aliphatic carboxylic acids is 1. The first kappa shape index (κ1) is 24.1. The van der Waals surface area contributed by atoms with Gasteiger partial charge in [-0.05, 0) is 47.5 Å². The maximum absolute atomic E-state index is 14.6. The van der Waals surface area contributed by atoms with Gasteiger partial charge >= 0.3 is 5.97 Å². The fourth-order valence-corrected chi connectivity index (χ4v) is 3.41. The van der Waals surface area contributed by atoms with Crippen molar-refractivity contribution in [3.05, 3.63) is 93.8 Å². The molecule has 168 valence electrons. The maximum atomic E-state index is 14.6. The first-order chi connectivity index (χ1) is 15.7. The summed E-state index contributed by atoms with van der Waals surface area (Å²) in [7, 11) is 0. The van der Waals surface area contributed by atoms with Crippen molar-refractivity contribution in [2.24, 2.45) is 0 Å². The van der Waals surface area contributed by atoms with Crippen molar-refractivity contribution in [1.29, 1.82) is 5.26 Å². The summed E-state index contributed by atoms with van der Waals surface area (Å²) in [6, 6.07) is 16.9. The van der Waals surface area contributed by atoms with Gasteiger partial charge in [-0.3, -0.25) is 9.59 Å². The van der Waals surface area contributed by atoms with Gasteiger partial charge in [0.25, 0.3) is 5.91 Å². The molecule has 1 amide bonds. The number of ether oxygens (including phenoxy) is 1. The van der Waals surface area contributed by atoms with Gasteiger partial charge in [0, 0.05) is 17.5 Å². The van der Waals surface area contributed by atoms with Crippen molar-refractivity contribution < 1.29 is 23.8 Å². The Balaban J connectivity index is 1.68. The van der Waals surface area contributed by atoms with Gasteiger partial charge in [-0.2, -0.15) is 5.26 Å². The van der Waals surface area contributed by atoms with Gasteiger partial charge in [0.15, 0.2) is 0 Å². The molecule has 0 saturated heterocycles. The standard InChI is InChI=1S/C24H17Cl2FN2O4/c25-17-4-1-14(2-5-17)10-22(26)29-24(32)19-7-6-18(12-20(19)27)33-21-8-3-15(11-23(30)31)9-16(21)13-28/h1-9,12,22H,10-11H2,(H,29,32)(H,30,31). The molecule has 0 fully saturated rings. The molecule has 0 aromatic heterocycles. The number of amides is 1.